The van der Waals surface area contributed by atoms with Crippen molar-refractivity contribution < 1.29 is 13.6 Å². The summed E-state index contributed by atoms with van der Waals surface area (Å²) in [4.78, 5) is 0. The van der Waals surface area contributed by atoms with Crippen LogP contribution in [0.1, 0.15) is 168 Å². The van der Waals surface area contributed by atoms with Gasteiger partial charge in [-0.1, -0.05) is 140 Å². The average molecular weight is 578 g/mol. The molecule has 0 aromatic heterocycles. The summed E-state index contributed by atoms with van der Waals surface area (Å²) < 4.78 is 22.5. The first-order valence-electron chi connectivity index (χ1n) is 17.1. The fourth-order valence-electron chi connectivity index (χ4n) is 4.50. The van der Waals surface area contributed by atoms with Crippen molar-refractivity contribution in [3.05, 3.63) is 48.6 Å². The van der Waals surface area contributed by atoms with E-state index >= 15 is 0 Å². The van der Waals surface area contributed by atoms with Gasteiger partial charge in [0, 0.05) is 4.57 Å². The highest BCUT2D eigenvalue weighted by atomic mass is 31.1. The summed E-state index contributed by atoms with van der Waals surface area (Å²) in [6.07, 6.45) is 47.9. The summed E-state index contributed by atoms with van der Waals surface area (Å²) in [7, 11) is -1.94. The van der Waals surface area contributed by atoms with E-state index in [0.29, 0.717) is 13.2 Å². The van der Waals surface area contributed by atoms with Crippen LogP contribution in [-0.2, 0) is 13.6 Å². The highest BCUT2D eigenvalue weighted by Gasteiger charge is 2.18. The molecule has 0 fully saturated rings. The van der Waals surface area contributed by atoms with Gasteiger partial charge in [0.05, 0.1) is 0 Å². The second kappa shape index (κ2) is 36.0. The molecule has 232 valence electrons. The van der Waals surface area contributed by atoms with Crippen LogP contribution in [0.2, 0.25) is 0 Å². The zero-order chi connectivity index (χ0) is 29.0. The van der Waals surface area contributed by atoms with Crippen molar-refractivity contribution in [3.8, 4) is 0 Å². The monoisotopic (exact) mass is 577 g/mol. The van der Waals surface area contributed by atoms with Crippen LogP contribution in [0.4, 0.5) is 0 Å². The predicted molar refractivity (Wildman–Crippen MR) is 178 cm³/mol. The van der Waals surface area contributed by atoms with Crippen LogP contribution < -0.4 is 0 Å². The second-order valence-electron chi connectivity index (χ2n) is 11.1. The molecule has 0 bridgehead atoms. The first-order valence-corrected chi connectivity index (χ1v) is 18.2. The van der Waals surface area contributed by atoms with Crippen molar-refractivity contribution in [1.82, 2.24) is 0 Å². The number of allylic oxidation sites excluding steroid dienone is 8. The lowest BCUT2D eigenvalue weighted by Crippen LogP contribution is -1.92. The maximum atomic E-state index is 11.8. The summed E-state index contributed by atoms with van der Waals surface area (Å²) in [5, 5.41) is 0. The normalized spacial score (nSPS) is 12.2. The van der Waals surface area contributed by atoms with Crippen molar-refractivity contribution in [2.24, 2.45) is 0 Å². The van der Waals surface area contributed by atoms with Crippen LogP contribution in [0, 0.1) is 0 Å². The van der Waals surface area contributed by atoms with Gasteiger partial charge in [-0.2, -0.15) is 0 Å². The molecule has 0 N–H and O–H groups in total. The van der Waals surface area contributed by atoms with Gasteiger partial charge >= 0.3 is 8.25 Å². The summed E-state index contributed by atoms with van der Waals surface area (Å²) in [5.41, 5.74) is 0. The molecule has 0 spiro atoms. The Morgan fingerprint density at radius 2 is 0.700 bits per heavy atom. The van der Waals surface area contributed by atoms with E-state index in [1.54, 1.807) is 0 Å². The van der Waals surface area contributed by atoms with Crippen molar-refractivity contribution in [2.75, 3.05) is 13.2 Å². The Kier molecular flexibility index (Phi) is 35.1. The molecule has 0 atom stereocenters. The lowest BCUT2D eigenvalue weighted by Gasteiger charge is -1.99. The quantitative estimate of drug-likeness (QED) is 0.0453. The zero-order valence-electron chi connectivity index (χ0n) is 26.7. The van der Waals surface area contributed by atoms with E-state index in [0.717, 1.165) is 38.5 Å². The molecule has 0 saturated carbocycles. The number of hydrogen-bond donors (Lipinski definition) is 0. The van der Waals surface area contributed by atoms with Crippen LogP contribution in [0.25, 0.3) is 0 Å². The van der Waals surface area contributed by atoms with Gasteiger partial charge in [0.1, 0.15) is 13.2 Å². The van der Waals surface area contributed by atoms with Crippen molar-refractivity contribution >= 4 is 8.25 Å². The third-order valence-electron chi connectivity index (χ3n) is 7.08. The molecule has 0 saturated heterocycles. The number of hydrogen-bond acceptors (Lipinski definition) is 3. The van der Waals surface area contributed by atoms with Gasteiger partial charge in [0.2, 0.25) is 0 Å². The molecule has 0 aromatic rings. The molecule has 3 nitrogen and oxygen atoms in total. The molecule has 0 amide bonds. The van der Waals surface area contributed by atoms with Crippen LogP contribution in [-0.4, -0.2) is 13.2 Å². The van der Waals surface area contributed by atoms with Gasteiger partial charge in [-0.15, -0.1) is 9.05 Å². The topological polar surface area (TPSA) is 35.5 Å². The Bertz CT molecular complexity index is 572. The largest absolute Gasteiger partial charge is 0.697 e. The molecular weight excluding hydrogens is 511 g/mol. The Morgan fingerprint density at radius 3 is 1.05 bits per heavy atom. The minimum atomic E-state index is -1.94. The summed E-state index contributed by atoms with van der Waals surface area (Å²) in [5.74, 6) is 0. The minimum Gasteiger partial charge on any atom is -0.119 e. The predicted octanol–water partition coefficient (Wildman–Crippen LogP) is 13.3. The number of unbranched alkanes of at least 4 members (excludes halogenated alkanes) is 18. The second-order valence-corrected chi connectivity index (χ2v) is 12.0. The van der Waals surface area contributed by atoms with E-state index in [4.69, 9.17) is 9.05 Å². The van der Waals surface area contributed by atoms with E-state index in [1.807, 2.05) is 0 Å². The summed E-state index contributed by atoms with van der Waals surface area (Å²) >= 11 is 0. The third kappa shape index (κ3) is 35.0. The van der Waals surface area contributed by atoms with Gasteiger partial charge in [-0.3, -0.25) is 0 Å². The Morgan fingerprint density at radius 1 is 0.400 bits per heavy atom. The Labute approximate surface area is 251 Å². The molecule has 0 aliphatic carbocycles. The van der Waals surface area contributed by atoms with E-state index in [1.165, 1.54) is 116 Å². The molecule has 0 aliphatic rings. The van der Waals surface area contributed by atoms with Crippen molar-refractivity contribution in [2.45, 2.75) is 168 Å². The summed E-state index contributed by atoms with van der Waals surface area (Å²) in [6, 6.07) is 0. The molecule has 4 heteroatoms. The van der Waals surface area contributed by atoms with E-state index in [2.05, 4.69) is 62.5 Å². The van der Waals surface area contributed by atoms with Gasteiger partial charge in [0.15, 0.2) is 0 Å². The van der Waals surface area contributed by atoms with Crippen LogP contribution in [0.15, 0.2) is 48.6 Å². The van der Waals surface area contributed by atoms with Gasteiger partial charge in [-0.05, 0) is 77.0 Å². The van der Waals surface area contributed by atoms with E-state index in [-0.39, 0.29) is 0 Å². The first kappa shape index (κ1) is 39.0. The molecule has 40 heavy (non-hydrogen) atoms. The van der Waals surface area contributed by atoms with Crippen molar-refractivity contribution in [1.29, 1.82) is 0 Å². The number of rotatable bonds is 32. The Balaban J connectivity index is 3.28. The van der Waals surface area contributed by atoms with Crippen LogP contribution in [0.3, 0.4) is 0 Å². The molecular formula is C36H66O3P+. The minimum absolute atomic E-state index is 0.549. The van der Waals surface area contributed by atoms with Crippen molar-refractivity contribution in [3.63, 3.8) is 0 Å². The Hall–Kier alpha value is -1.02. The van der Waals surface area contributed by atoms with Crippen LogP contribution in [0.5, 0.6) is 0 Å². The van der Waals surface area contributed by atoms with Crippen LogP contribution >= 0.6 is 8.25 Å². The smallest absolute Gasteiger partial charge is 0.119 e. The van der Waals surface area contributed by atoms with E-state index < -0.39 is 8.25 Å². The molecule has 0 unspecified atom stereocenters. The molecule has 0 radical (unpaired) electrons. The molecule has 0 aromatic carbocycles. The lowest BCUT2D eigenvalue weighted by molar-refractivity contribution is 0.218. The maximum absolute atomic E-state index is 11.8. The fourth-order valence-corrected chi connectivity index (χ4v) is 5.13. The standard InChI is InChI=1S/C36H66O3P/c1-3-5-7-9-11-13-15-17-19-21-23-25-27-29-31-33-35-38-40(37)39-36-34-32-30-28-26-24-22-20-18-16-14-12-10-8-6-4-2/h11-14,17-20H,3-10,15-16,21-36H2,1-2H3/q+1/b13-11-,14-12-,19-17-,20-18-. The molecule has 0 aliphatic heterocycles. The molecule has 0 heterocycles. The van der Waals surface area contributed by atoms with Gasteiger partial charge in [-0.25, -0.2) is 0 Å². The average Bonchev–Trinajstić information content (AvgIpc) is 2.96. The fraction of sp³-hybridized carbons (Fsp3) is 0.778. The summed E-state index contributed by atoms with van der Waals surface area (Å²) in [6.45, 7) is 5.60. The lowest BCUT2D eigenvalue weighted by atomic mass is 10.1. The maximum Gasteiger partial charge on any atom is 0.697 e. The van der Waals surface area contributed by atoms with Gasteiger partial charge < -0.3 is 0 Å². The van der Waals surface area contributed by atoms with E-state index in [9.17, 15) is 4.57 Å². The SMILES string of the molecule is CCCCC/C=C\C/C=C\CCCCCCCCO[P+](=O)OCCCCCCCC/C=C\C/C=C\CCCCC. The van der Waals surface area contributed by atoms with Gasteiger partial charge in [0.25, 0.3) is 0 Å². The highest BCUT2D eigenvalue weighted by Crippen LogP contribution is 2.25. The zero-order valence-corrected chi connectivity index (χ0v) is 27.6. The highest BCUT2D eigenvalue weighted by molar-refractivity contribution is 7.33. The third-order valence-corrected chi connectivity index (χ3v) is 7.87. The molecule has 0 rings (SSSR count). The first-order chi connectivity index (χ1) is 19.8.